The Kier molecular flexibility index (Phi) is 7.06. The third-order valence-corrected chi connectivity index (χ3v) is 5.82. The molecule has 0 bridgehead atoms. The summed E-state index contributed by atoms with van der Waals surface area (Å²) in [4.78, 5) is 20.2. The highest BCUT2D eigenvalue weighted by atomic mass is 19.4. The Morgan fingerprint density at radius 3 is 2.54 bits per heavy atom. The number of piperidine rings is 1. The van der Waals surface area contributed by atoms with E-state index >= 15 is 0 Å². The number of nitrogens with zero attached hydrogens (tertiary/aromatic N) is 2. The minimum absolute atomic E-state index is 0.0508. The summed E-state index contributed by atoms with van der Waals surface area (Å²) >= 11 is 0. The molecule has 1 saturated heterocycles. The van der Waals surface area contributed by atoms with Crippen LogP contribution in [0.4, 0.5) is 36.3 Å². The highest BCUT2D eigenvalue weighted by molar-refractivity contribution is 5.98. The van der Waals surface area contributed by atoms with E-state index in [2.05, 4.69) is 25.9 Å². The van der Waals surface area contributed by atoms with Gasteiger partial charge in [-0.3, -0.25) is 4.79 Å². The molecule has 1 aliphatic rings. The van der Waals surface area contributed by atoms with Crippen LogP contribution >= 0.6 is 0 Å². The van der Waals surface area contributed by atoms with Gasteiger partial charge in [0.1, 0.15) is 17.1 Å². The van der Waals surface area contributed by atoms with Crippen LogP contribution in [0.15, 0.2) is 48.7 Å². The number of halogens is 3. The number of carbonyl (C=O) groups is 1. The number of methoxy groups -OCH3 is 1. The second-order valence-corrected chi connectivity index (χ2v) is 8.10. The van der Waals surface area contributed by atoms with Crippen molar-refractivity contribution in [1.82, 2.24) is 15.3 Å². The molecule has 184 valence electrons. The van der Waals surface area contributed by atoms with Crippen LogP contribution in [0.2, 0.25) is 0 Å². The predicted molar refractivity (Wildman–Crippen MR) is 126 cm³/mol. The first-order valence-corrected chi connectivity index (χ1v) is 11.0. The smallest absolute Gasteiger partial charge is 0.418 e. The van der Waals surface area contributed by atoms with E-state index in [-0.39, 0.29) is 23.0 Å². The number of amides is 1. The summed E-state index contributed by atoms with van der Waals surface area (Å²) in [5.74, 6) is 0.00897. The van der Waals surface area contributed by atoms with E-state index < -0.39 is 17.6 Å². The van der Waals surface area contributed by atoms with E-state index in [0.717, 1.165) is 43.8 Å². The molecule has 8 nitrogen and oxygen atoms in total. The van der Waals surface area contributed by atoms with Gasteiger partial charge < -0.3 is 26.4 Å². The number of rotatable bonds is 7. The van der Waals surface area contributed by atoms with Gasteiger partial charge in [0.2, 0.25) is 5.95 Å². The molecule has 2 heterocycles. The van der Waals surface area contributed by atoms with E-state index in [4.69, 9.17) is 10.5 Å². The maximum absolute atomic E-state index is 13.4. The number of anilines is 4. The largest absolute Gasteiger partial charge is 0.495 e. The summed E-state index contributed by atoms with van der Waals surface area (Å²) in [6.07, 6.45) is -1.38. The number of para-hydroxylation sites is 1. The lowest BCUT2D eigenvalue weighted by molar-refractivity contribution is -0.136. The highest BCUT2D eigenvalue weighted by Gasteiger charge is 2.33. The van der Waals surface area contributed by atoms with Crippen molar-refractivity contribution in [2.24, 2.45) is 5.73 Å². The number of ether oxygens (including phenoxy) is 1. The average molecular weight is 486 g/mol. The number of carbonyl (C=O) groups excluding carboxylic acids is 1. The average Bonchev–Trinajstić information content (AvgIpc) is 2.84. The second-order valence-electron chi connectivity index (χ2n) is 8.10. The second kappa shape index (κ2) is 10.2. The summed E-state index contributed by atoms with van der Waals surface area (Å²) in [5, 5.41) is 8.95. The molecule has 0 saturated carbocycles. The lowest BCUT2D eigenvalue weighted by atomic mass is 9.90. The standard InChI is InChI=1S/C24H25F3N6O2/c1-35-20-12-15(14-8-10-29-11-9-14)6-7-19(20)32-23-30-13-16(21(28)34)22(33-23)31-18-5-3-2-4-17(18)24(25,26)27/h2-7,12-14,29H,8-11H2,1H3,(H2,28,34)(H2,30,31,32,33). The van der Waals surface area contributed by atoms with Gasteiger partial charge in [0, 0.05) is 6.20 Å². The molecule has 0 aliphatic carbocycles. The van der Waals surface area contributed by atoms with Gasteiger partial charge in [-0.1, -0.05) is 18.2 Å². The Morgan fingerprint density at radius 2 is 1.86 bits per heavy atom. The molecule has 5 N–H and O–H groups in total. The van der Waals surface area contributed by atoms with Crippen LogP contribution < -0.4 is 26.4 Å². The number of nitrogens with two attached hydrogens (primary N) is 1. The van der Waals surface area contributed by atoms with E-state index in [1.54, 1.807) is 7.11 Å². The SMILES string of the molecule is COc1cc(C2CCNCC2)ccc1Nc1ncc(C(N)=O)c(Nc2ccccc2C(F)(F)F)n1. The topological polar surface area (TPSA) is 114 Å². The number of hydrogen-bond donors (Lipinski definition) is 4. The molecule has 2 aromatic carbocycles. The van der Waals surface area contributed by atoms with E-state index in [9.17, 15) is 18.0 Å². The molecule has 1 aliphatic heterocycles. The Bertz CT molecular complexity index is 1210. The zero-order valence-corrected chi connectivity index (χ0v) is 18.9. The van der Waals surface area contributed by atoms with Gasteiger partial charge >= 0.3 is 6.18 Å². The first-order valence-electron chi connectivity index (χ1n) is 11.0. The Balaban J connectivity index is 1.64. The van der Waals surface area contributed by atoms with E-state index in [1.165, 1.54) is 18.2 Å². The van der Waals surface area contributed by atoms with Crippen LogP contribution in [0.1, 0.15) is 40.2 Å². The number of hydrogen-bond acceptors (Lipinski definition) is 7. The first kappa shape index (κ1) is 24.3. The van der Waals surface area contributed by atoms with Gasteiger partial charge in [0.25, 0.3) is 5.91 Å². The Hall–Kier alpha value is -3.86. The Labute approximate surface area is 200 Å². The lowest BCUT2D eigenvalue weighted by Crippen LogP contribution is -2.26. The number of alkyl halides is 3. The molecule has 11 heteroatoms. The van der Waals surface area contributed by atoms with Crippen LogP contribution in [0.5, 0.6) is 5.75 Å². The summed E-state index contributed by atoms with van der Waals surface area (Å²) in [5.41, 5.74) is 5.80. The molecular weight excluding hydrogens is 461 g/mol. The third-order valence-electron chi connectivity index (χ3n) is 5.82. The minimum atomic E-state index is -4.60. The fourth-order valence-corrected chi connectivity index (χ4v) is 4.03. The van der Waals surface area contributed by atoms with Crippen LogP contribution in [0, 0.1) is 0 Å². The maximum atomic E-state index is 13.4. The normalized spacial score (nSPS) is 14.4. The summed E-state index contributed by atoms with van der Waals surface area (Å²) < 4.78 is 45.8. The molecule has 35 heavy (non-hydrogen) atoms. The number of primary amides is 1. The predicted octanol–water partition coefficient (Wildman–Crippen LogP) is 4.56. The molecule has 0 atom stereocenters. The van der Waals surface area contributed by atoms with Crippen LogP contribution in [-0.2, 0) is 6.18 Å². The van der Waals surface area contributed by atoms with Gasteiger partial charge in [-0.15, -0.1) is 0 Å². The van der Waals surface area contributed by atoms with Crippen molar-refractivity contribution in [1.29, 1.82) is 0 Å². The molecule has 0 unspecified atom stereocenters. The number of aromatic nitrogens is 2. The lowest BCUT2D eigenvalue weighted by Gasteiger charge is -2.24. The molecule has 1 amide bonds. The van der Waals surface area contributed by atoms with Crippen molar-refractivity contribution in [2.75, 3.05) is 30.8 Å². The van der Waals surface area contributed by atoms with Gasteiger partial charge in [-0.05, 0) is 61.7 Å². The highest BCUT2D eigenvalue weighted by Crippen LogP contribution is 2.37. The molecule has 1 fully saturated rings. The molecule has 3 aromatic rings. The summed E-state index contributed by atoms with van der Waals surface area (Å²) in [7, 11) is 1.55. The summed E-state index contributed by atoms with van der Waals surface area (Å²) in [6, 6.07) is 10.7. The van der Waals surface area contributed by atoms with Crippen molar-refractivity contribution < 1.29 is 22.7 Å². The van der Waals surface area contributed by atoms with Crippen molar-refractivity contribution >= 4 is 29.0 Å². The van der Waals surface area contributed by atoms with E-state index in [1.807, 2.05) is 18.2 Å². The minimum Gasteiger partial charge on any atom is -0.495 e. The van der Waals surface area contributed by atoms with Gasteiger partial charge in [0.05, 0.1) is 24.0 Å². The molecular formula is C24H25F3N6O2. The Morgan fingerprint density at radius 1 is 1.11 bits per heavy atom. The van der Waals surface area contributed by atoms with Crippen LogP contribution in [0.3, 0.4) is 0 Å². The van der Waals surface area contributed by atoms with Gasteiger partial charge in [-0.2, -0.15) is 18.2 Å². The maximum Gasteiger partial charge on any atom is 0.418 e. The fraction of sp³-hybridized carbons (Fsp3) is 0.292. The fourth-order valence-electron chi connectivity index (χ4n) is 4.03. The zero-order valence-electron chi connectivity index (χ0n) is 18.9. The van der Waals surface area contributed by atoms with Crippen molar-refractivity contribution in [3.05, 3.63) is 65.4 Å². The zero-order chi connectivity index (χ0) is 25.0. The molecule has 0 radical (unpaired) electrons. The quantitative estimate of drug-likeness (QED) is 0.387. The van der Waals surface area contributed by atoms with E-state index in [0.29, 0.717) is 17.4 Å². The number of benzene rings is 2. The van der Waals surface area contributed by atoms with Gasteiger partial charge in [-0.25, -0.2) is 4.98 Å². The number of nitrogens with one attached hydrogen (secondary N) is 3. The third kappa shape index (κ3) is 5.62. The van der Waals surface area contributed by atoms with Crippen LogP contribution in [-0.4, -0.2) is 36.1 Å². The van der Waals surface area contributed by atoms with Crippen molar-refractivity contribution in [3.63, 3.8) is 0 Å². The monoisotopic (exact) mass is 486 g/mol. The summed E-state index contributed by atoms with van der Waals surface area (Å²) in [6.45, 7) is 1.92. The molecule has 4 rings (SSSR count). The molecule has 0 spiro atoms. The van der Waals surface area contributed by atoms with Gasteiger partial charge in [0.15, 0.2) is 0 Å². The van der Waals surface area contributed by atoms with Crippen molar-refractivity contribution in [3.8, 4) is 5.75 Å². The first-order chi connectivity index (χ1) is 16.8. The van der Waals surface area contributed by atoms with Crippen LogP contribution in [0.25, 0.3) is 0 Å². The molecule has 1 aromatic heterocycles. The van der Waals surface area contributed by atoms with Crippen molar-refractivity contribution in [2.45, 2.75) is 24.9 Å².